The lowest BCUT2D eigenvalue weighted by atomic mass is 9.85. The van der Waals surface area contributed by atoms with Crippen LogP contribution in [0.5, 0.6) is 0 Å². The van der Waals surface area contributed by atoms with E-state index in [0.29, 0.717) is 12.5 Å². The summed E-state index contributed by atoms with van der Waals surface area (Å²) in [4.78, 5) is 14.6. The first-order valence-electron chi connectivity index (χ1n) is 7.57. The minimum Gasteiger partial charge on any atom is -0.303 e. The van der Waals surface area contributed by atoms with E-state index in [1.54, 1.807) is 0 Å². The van der Waals surface area contributed by atoms with E-state index in [0.717, 1.165) is 22.5 Å². The Morgan fingerprint density at radius 3 is 2.80 bits per heavy atom. The predicted molar refractivity (Wildman–Crippen MR) is 87.1 cm³/mol. The summed E-state index contributed by atoms with van der Waals surface area (Å²) in [5.74, 6) is 0.997. The second-order valence-corrected chi connectivity index (χ2v) is 6.91. The Kier molecular flexibility index (Phi) is 5.79. The van der Waals surface area contributed by atoms with Gasteiger partial charge in [-0.2, -0.15) is 0 Å². The molecule has 110 valence electrons. The summed E-state index contributed by atoms with van der Waals surface area (Å²) < 4.78 is 0.970. The first kappa shape index (κ1) is 15.7. The molecule has 1 fully saturated rings. The number of rotatable bonds is 5. The van der Waals surface area contributed by atoms with Crippen LogP contribution in [0.3, 0.4) is 0 Å². The van der Waals surface area contributed by atoms with Gasteiger partial charge in [-0.1, -0.05) is 47.8 Å². The maximum absolute atomic E-state index is 12.2. The van der Waals surface area contributed by atoms with Crippen LogP contribution in [0.4, 0.5) is 0 Å². The molecule has 3 heteroatoms. The first-order chi connectivity index (χ1) is 9.58. The predicted octanol–water partition coefficient (Wildman–Crippen LogP) is 4.53. The molecule has 0 N–H and O–H groups in total. The van der Waals surface area contributed by atoms with Crippen LogP contribution in [0, 0.1) is 5.92 Å². The molecule has 0 aromatic heterocycles. The van der Waals surface area contributed by atoms with Crippen molar-refractivity contribution in [2.24, 2.45) is 5.92 Å². The van der Waals surface area contributed by atoms with Crippen LogP contribution in [0.25, 0.3) is 0 Å². The highest BCUT2D eigenvalue weighted by Crippen LogP contribution is 2.27. The van der Waals surface area contributed by atoms with Crippen molar-refractivity contribution < 1.29 is 4.79 Å². The molecule has 0 bridgehead atoms. The summed E-state index contributed by atoms with van der Waals surface area (Å²) in [6.07, 6.45) is 5.91. The van der Waals surface area contributed by atoms with Gasteiger partial charge >= 0.3 is 0 Å². The van der Waals surface area contributed by atoms with E-state index in [-0.39, 0.29) is 5.78 Å². The Balaban J connectivity index is 1.86. The van der Waals surface area contributed by atoms with Crippen molar-refractivity contribution in [3.63, 3.8) is 0 Å². The van der Waals surface area contributed by atoms with Gasteiger partial charge in [0.25, 0.3) is 0 Å². The maximum Gasteiger partial charge on any atom is 0.164 e. The molecular formula is C17H24BrNO. The SMILES string of the molecule is CC1CCCCC1N(C)CCC(=O)c1cccc(Br)c1. The third-order valence-electron chi connectivity index (χ3n) is 4.47. The third-order valence-corrected chi connectivity index (χ3v) is 4.96. The Hall–Kier alpha value is -0.670. The molecule has 0 amide bonds. The number of benzene rings is 1. The molecule has 0 spiro atoms. The molecule has 1 aliphatic rings. The van der Waals surface area contributed by atoms with Crippen LogP contribution in [0.1, 0.15) is 49.4 Å². The number of nitrogens with zero attached hydrogens (tertiary/aromatic N) is 1. The summed E-state index contributed by atoms with van der Waals surface area (Å²) in [7, 11) is 2.17. The van der Waals surface area contributed by atoms with E-state index in [2.05, 4.69) is 34.8 Å². The number of carbonyl (C=O) groups is 1. The van der Waals surface area contributed by atoms with Crippen molar-refractivity contribution in [2.45, 2.75) is 45.1 Å². The lowest BCUT2D eigenvalue weighted by Crippen LogP contribution is -2.39. The molecule has 0 heterocycles. The van der Waals surface area contributed by atoms with Gasteiger partial charge in [-0.3, -0.25) is 4.79 Å². The number of ketones is 1. The zero-order valence-electron chi connectivity index (χ0n) is 12.4. The average molecular weight is 338 g/mol. The minimum absolute atomic E-state index is 0.238. The van der Waals surface area contributed by atoms with E-state index in [9.17, 15) is 4.79 Å². The molecule has 2 unspecified atom stereocenters. The van der Waals surface area contributed by atoms with Gasteiger partial charge in [-0.15, -0.1) is 0 Å². The van der Waals surface area contributed by atoms with Crippen LogP contribution in [-0.4, -0.2) is 30.3 Å². The van der Waals surface area contributed by atoms with E-state index in [4.69, 9.17) is 0 Å². The van der Waals surface area contributed by atoms with Crippen molar-refractivity contribution in [2.75, 3.05) is 13.6 Å². The first-order valence-corrected chi connectivity index (χ1v) is 8.36. The molecule has 0 aliphatic heterocycles. The number of Topliss-reactive ketones (excluding diaryl/α,β-unsaturated/α-hetero) is 1. The normalized spacial score (nSPS) is 23.0. The van der Waals surface area contributed by atoms with Crippen LogP contribution < -0.4 is 0 Å². The van der Waals surface area contributed by atoms with Crippen molar-refractivity contribution in [3.8, 4) is 0 Å². The van der Waals surface area contributed by atoms with Gasteiger partial charge in [0.15, 0.2) is 5.78 Å². The fourth-order valence-corrected chi connectivity index (χ4v) is 3.60. The lowest BCUT2D eigenvalue weighted by Gasteiger charge is -2.36. The van der Waals surface area contributed by atoms with Crippen molar-refractivity contribution in [1.29, 1.82) is 0 Å². The molecule has 1 aromatic carbocycles. The molecule has 1 aromatic rings. The fourth-order valence-electron chi connectivity index (χ4n) is 3.20. The fraction of sp³-hybridized carbons (Fsp3) is 0.588. The molecule has 0 radical (unpaired) electrons. The van der Waals surface area contributed by atoms with Crippen LogP contribution >= 0.6 is 15.9 Å². The smallest absolute Gasteiger partial charge is 0.164 e. The lowest BCUT2D eigenvalue weighted by molar-refractivity contribution is 0.0928. The number of hydrogen-bond acceptors (Lipinski definition) is 2. The Morgan fingerprint density at radius 2 is 2.10 bits per heavy atom. The topological polar surface area (TPSA) is 20.3 Å². The zero-order valence-corrected chi connectivity index (χ0v) is 14.0. The summed E-state index contributed by atoms with van der Waals surface area (Å²) in [5, 5.41) is 0. The minimum atomic E-state index is 0.238. The highest BCUT2D eigenvalue weighted by molar-refractivity contribution is 9.10. The largest absolute Gasteiger partial charge is 0.303 e. The summed E-state index contributed by atoms with van der Waals surface area (Å²) in [5.41, 5.74) is 0.810. The van der Waals surface area contributed by atoms with Crippen molar-refractivity contribution >= 4 is 21.7 Å². The molecule has 2 atom stereocenters. The van der Waals surface area contributed by atoms with Gasteiger partial charge in [-0.25, -0.2) is 0 Å². The van der Waals surface area contributed by atoms with Crippen molar-refractivity contribution in [1.82, 2.24) is 4.90 Å². The molecule has 2 rings (SSSR count). The highest BCUT2D eigenvalue weighted by Gasteiger charge is 2.24. The second-order valence-electron chi connectivity index (χ2n) is 5.99. The number of hydrogen-bond donors (Lipinski definition) is 0. The summed E-state index contributed by atoms with van der Waals surface area (Å²) in [6, 6.07) is 8.33. The van der Waals surface area contributed by atoms with Gasteiger partial charge in [0.05, 0.1) is 0 Å². The summed E-state index contributed by atoms with van der Waals surface area (Å²) >= 11 is 3.42. The van der Waals surface area contributed by atoms with Crippen LogP contribution in [-0.2, 0) is 0 Å². The maximum atomic E-state index is 12.2. The standard InChI is InChI=1S/C17H24BrNO/c1-13-6-3-4-9-16(13)19(2)11-10-17(20)14-7-5-8-15(18)12-14/h5,7-8,12-13,16H,3-4,6,9-11H2,1-2H3. The van der Waals surface area contributed by atoms with Crippen LogP contribution in [0.2, 0.25) is 0 Å². The molecular weight excluding hydrogens is 314 g/mol. The van der Waals surface area contributed by atoms with E-state index >= 15 is 0 Å². The van der Waals surface area contributed by atoms with E-state index in [1.165, 1.54) is 25.7 Å². The molecule has 20 heavy (non-hydrogen) atoms. The quantitative estimate of drug-likeness (QED) is 0.735. The summed E-state index contributed by atoms with van der Waals surface area (Å²) in [6.45, 7) is 3.21. The molecule has 0 saturated heterocycles. The Morgan fingerprint density at radius 1 is 1.35 bits per heavy atom. The van der Waals surface area contributed by atoms with Gasteiger partial charge in [0, 0.05) is 29.0 Å². The van der Waals surface area contributed by atoms with Crippen molar-refractivity contribution in [3.05, 3.63) is 34.3 Å². The highest BCUT2D eigenvalue weighted by atomic mass is 79.9. The van der Waals surface area contributed by atoms with Gasteiger partial charge in [-0.05, 0) is 37.9 Å². The number of halogens is 1. The van der Waals surface area contributed by atoms with Crippen LogP contribution in [0.15, 0.2) is 28.7 Å². The Labute approximate surface area is 130 Å². The monoisotopic (exact) mass is 337 g/mol. The van der Waals surface area contributed by atoms with Gasteiger partial charge < -0.3 is 4.90 Å². The zero-order chi connectivity index (χ0) is 14.5. The van der Waals surface area contributed by atoms with E-state index < -0.39 is 0 Å². The van der Waals surface area contributed by atoms with Gasteiger partial charge in [0.2, 0.25) is 0 Å². The Bertz CT molecular complexity index is 460. The third kappa shape index (κ3) is 4.16. The van der Waals surface area contributed by atoms with E-state index in [1.807, 2.05) is 24.3 Å². The molecule has 2 nitrogen and oxygen atoms in total. The molecule has 1 saturated carbocycles. The van der Waals surface area contributed by atoms with Gasteiger partial charge in [0.1, 0.15) is 0 Å². The average Bonchev–Trinajstić information content (AvgIpc) is 2.45. The molecule has 1 aliphatic carbocycles. The number of carbonyl (C=O) groups excluding carboxylic acids is 1. The second kappa shape index (κ2) is 7.37.